The molecule has 0 saturated carbocycles. The molecule has 0 aliphatic heterocycles. The minimum atomic E-state index is -1.15. The summed E-state index contributed by atoms with van der Waals surface area (Å²) in [4.78, 5) is 24.6. The summed E-state index contributed by atoms with van der Waals surface area (Å²) in [5.74, 6) is -0.924. The second-order valence-electron chi connectivity index (χ2n) is 5.13. The summed E-state index contributed by atoms with van der Waals surface area (Å²) in [5, 5.41) is 22.7. The number of nitrogens with zero attached hydrogens (tertiary/aromatic N) is 1. The highest BCUT2D eigenvalue weighted by atomic mass is 16.4. The van der Waals surface area contributed by atoms with E-state index in [-0.39, 0.29) is 25.0 Å². The van der Waals surface area contributed by atoms with Crippen molar-refractivity contribution in [1.29, 1.82) is 0 Å². The van der Waals surface area contributed by atoms with Gasteiger partial charge in [0.2, 0.25) is 0 Å². The van der Waals surface area contributed by atoms with Crippen LogP contribution >= 0.6 is 0 Å². The predicted molar refractivity (Wildman–Crippen MR) is 72.0 cm³/mol. The second-order valence-corrected chi connectivity index (χ2v) is 5.13. The summed E-state index contributed by atoms with van der Waals surface area (Å²) in [6, 6.07) is -1.67. The van der Waals surface area contributed by atoms with Crippen LogP contribution in [0.5, 0.6) is 0 Å². The number of hydrogen-bond acceptors (Lipinski definition) is 4. The molecule has 0 aromatic heterocycles. The number of nitrogens with one attached hydrogen (secondary N) is 2. The Bertz CT molecular complexity index is 295. The Morgan fingerprint density at radius 3 is 2.16 bits per heavy atom. The SMILES string of the molecule is CC(C)C(CN(C)C)NC(=O)N[C@H](CCO)C(=O)O. The third-order valence-corrected chi connectivity index (χ3v) is 2.70. The van der Waals surface area contributed by atoms with Gasteiger partial charge in [-0.25, -0.2) is 9.59 Å². The van der Waals surface area contributed by atoms with Crippen LogP contribution < -0.4 is 10.6 Å². The molecule has 0 saturated heterocycles. The topological polar surface area (TPSA) is 102 Å². The summed E-state index contributed by atoms with van der Waals surface area (Å²) in [6.45, 7) is 4.35. The van der Waals surface area contributed by atoms with E-state index in [1.165, 1.54) is 0 Å². The Balaban J connectivity index is 4.42. The molecule has 1 unspecified atom stereocenters. The first-order chi connectivity index (χ1) is 8.77. The Labute approximate surface area is 114 Å². The van der Waals surface area contributed by atoms with Crippen molar-refractivity contribution < 1.29 is 19.8 Å². The number of hydrogen-bond donors (Lipinski definition) is 4. The van der Waals surface area contributed by atoms with Gasteiger partial charge in [0.1, 0.15) is 6.04 Å². The molecular formula is C12H25N3O4. The van der Waals surface area contributed by atoms with E-state index in [0.29, 0.717) is 6.54 Å². The largest absolute Gasteiger partial charge is 0.480 e. The lowest BCUT2D eigenvalue weighted by molar-refractivity contribution is -0.139. The normalized spacial score (nSPS) is 14.3. The van der Waals surface area contributed by atoms with Gasteiger partial charge in [-0.2, -0.15) is 0 Å². The van der Waals surface area contributed by atoms with Gasteiger partial charge in [0, 0.05) is 25.6 Å². The van der Waals surface area contributed by atoms with Gasteiger partial charge >= 0.3 is 12.0 Å². The number of amides is 2. The molecule has 0 bridgehead atoms. The monoisotopic (exact) mass is 275 g/mol. The number of urea groups is 1. The van der Waals surface area contributed by atoms with Crippen LogP contribution in [-0.4, -0.2) is 66.4 Å². The van der Waals surface area contributed by atoms with Gasteiger partial charge in [-0.3, -0.25) is 0 Å². The van der Waals surface area contributed by atoms with E-state index >= 15 is 0 Å². The highest BCUT2D eigenvalue weighted by Crippen LogP contribution is 2.02. The van der Waals surface area contributed by atoms with Gasteiger partial charge in [0.25, 0.3) is 0 Å². The molecule has 0 spiro atoms. The van der Waals surface area contributed by atoms with Crippen LogP contribution in [0.4, 0.5) is 4.79 Å². The quantitative estimate of drug-likeness (QED) is 0.487. The molecule has 4 N–H and O–H groups in total. The molecule has 7 heteroatoms. The van der Waals surface area contributed by atoms with Crippen LogP contribution in [0.15, 0.2) is 0 Å². The number of carboxylic acid groups (broad SMARTS) is 1. The predicted octanol–water partition coefficient (Wildman–Crippen LogP) is -0.293. The van der Waals surface area contributed by atoms with Gasteiger partial charge in [0.15, 0.2) is 0 Å². The summed E-state index contributed by atoms with van der Waals surface area (Å²) < 4.78 is 0. The van der Waals surface area contributed by atoms with E-state index in [1.807, 2.05) is 32.8 Å². The maximum atomic E-state index is 11.7. The maximum Gasteiger partial charge on any atom is 0.326 e. The minimum absolute atomic E-state index is 0.0111. The standard InChI is InChI=1S/C12H25N3O4/c1-8(2)10(7-15(3)4)14-12(19)13-9(5-6-16)11(17)18/h8-10,16H,5-7H2,1-4H3,(H,17,18)(H2,13,14,19)/t9-,10?/m1/s1. The van der Waals surface area contributed by atoms with Crippen LogP contribution in [0.25, 0.3) is 0 Å². The van der Waals surface area contributed by atoms with E-state index in [2.05, 4.69) is 10.6 Å². The second kappa shape index (κ2) is 8.71. The van der Waals surface area contributed by atoms with Crippen LogP contribution in [0.3, 0.4) is 0 Å². The number of aliphatic carboxylic acids is 1. The summed E-state index contributed by atoms with van der Waals surface area (Å²) >= 11 is 0. The van der Waals surface area contributed by atoms with Crippen molar-refractivity contribution in [2.75, 3.05) is 27.2 Å². The van der Waals surface area contributed by atoms with Crippen molar-refractivity contribution in [2.24, 2.45) is 5.92 Å². The van der Waals surface area contributed by atoms with Crippen molar-refractivity contribution in [3.05, 3.63) is 0 Å². The zero-order chi connectivity index (χ0) is 15.0. The summed E-state index contributed by atoms with van der Waals surface area (Å²) in [7, 11) is 3.81. The van der Waals surface area contributed by atoms with Crippen molar-refractivity contribution in [2.45, 2.75) is 32.4 Å². The smallest absolute Gasteiger partial charge is 0.326 e. The van der Waals surface area contributed by atoms with E-state index in [1.54, 1.807) is 0 Å². The number of aliphatic hydroxyl groups excluding tert-OH is 1. The molecule has 7 nitrogen and oxygen atoms in total. The van der Waals surface area contributed by atoms with Gasteiger partial charge in [0.05, 0.1) is 0 Å². The first kappa shape index (κ1) is 17.7. The molecule has 0 heterocycles. The molecule has 0 rings (SSSR count). The summed E-state index contributed by atoms with van der Waals surface area (Å²) in [6.07, 6.45) is -0.0111. The Morgan fingerprint density at radius 2 is 1.79 bits per heavy atom. The average Bonchev–Trinajstić information content (AvgIpc) is 2.26. The van der Waals surface area contributed by atoms with E-state index < -0.39 is 18.0 Å². The highest BCUT2D eigenvalue weighted by Gasteiger charge is 2.22. The van der Waals surface area contributed by atoms with Crippen molar-refractivity contribution in [3.63, 3.8) is 0 Å². The van der Waals surface area contributed by atoms with Crippen LogP contribution in [0.2, 0.25) is 0 Å². The number of rotatable bonds is 8. The first-order valence-corrected chi connectivity index (χ1v) is 6.33. The molecule has 0 aliphatic rings. The van der Waals surface area contributed by atoms with Crippen LogP contribution in [0.1, 0.15) is 20.3 Å². The molecule has 0 aromatic carbocycles. The highest BCUT2D eigenvalue weighted by molar-refractivity contribution is 5.82. The number of carbonyl (C=O) groups excluding carboxylic acids is 1. The van der Waals surface area contributed by atoms with Crippen LogP contribution in [0, 0.1) is 5.92 Å². The molecule has 0 aliphatic carbocycles. The third kappa shape index (κ3) is 7.63. The van der Waals surface area contributed by atoms with Gasteiger partial charge in [-0.05, 0) is 20.0 Å². The number of aliphatic hydroxyl groups is 1. The van der Waals surface area contributed by atoms with E-state index in [9.17, 15) is 9.59 Å². The number of carbonyl (C=O) groups is 2. The molecular weight excluding hydrogens is 250 g/mol. The Morgan fingerprint density at radius 1 is 1.21 bits per heavy atom. The number of carboxylic acids is 1. The lowest BCUT2D eigenvalue weighted by Crippen LogP contribution is -2.52. The molecule has 0 radical (unpaired) electrons. The fourth-order valence-corrected chi connectivity index (χ4v) is 1.57. The zero-order valence-corrected chi connectivity index (χ0v) is 12.0. The minimum Gasteiger partial charge on any atom is -0.480 e. The van der Waals surface area contributed by atoms with Crippen molar-refractivity contribution in [1.82, 2.24) is 15.5 Å². The van der Waals surface area contributed by atoms with Crippen molar-refractivity contribution >= 4 is 12.0 Å². The average molecular weight is 275 g/mol. The molecule has 112 valence electrons. The van der Waals surface area contributed by atoms with Gasteiger partial charge in [-0.15, -0.1) is 0 Å². The third-order valence-electron chi connectivity index (χ3n) is 2.70. The van der Waals surface area contributed by atoms with E-state index in [0.717, 1.165) is 0 Å². The molecule has 0 aromatic rings. The summed E-state index contributed by atoms with van der Waals surface area (Å²) in [5.41, 5.74) is 0. The zero-order valence-electron chi connectivity index (χ0n) is 12.0. The van der Waals surface area contributed by atoms with Gasteiger partial charge < -0.3 is 25.7 Å². The van der Waals surface area contributed by atoms with Crippen LogP contribution in [-0.2, 0) is 4.79 Å². The van der Waals surface area contributed by atoms with E-state index in [4.69, 9.17) is 10.2 Å². The maximum absolute atomic E-state index is 11.7. The Hall–Kier alpha value is -1.34. The van der Waals surface area contributed by atoms with Gasteiger partial charge in [-0.1, -0.05) is 13.8 Å². The molecule has 2 atom stereocenters. The molecule has 19 heavy (non-hydrogen) atoms. The fraction of sp³-hybridized carbons (Fsp3) is 0.833. The molecule has 0 fully saturated rings. The first-order valence-electron chi connectivity index (χ1n) is 6.33. The molecule has 2 amide bonds. The Kier molecular flexibility index (Phi) is 8.09. The fourth-order valence-electron chi connectivity index (χ4n) is 1.57. The lowest BCUT2D eigenvalue weighted by atomic mass is 10.0. The lowest BCUT2D eigenvalue weighted by Gasteiger charge is -2.26. The van der Waals surface area contributed by atoms with Crippen molar-refractivity contribution in [3.8, 4) is 0 Å². The number of likely N-dealkylation sites (N-methyl/N-ethyl adjacent to an activating group) is 1.